The minimum atomic E-state index is -0.830. The Labute approximate surface area is 243 Å². The number of rotatable bonds is 5. The smallest absolute Gasteiger partial charge is 0.319 e. The molecule has 0 spiro atoms. The maximum Gasteiger partial charge on any atom is 0.319 e. The Balaban J connectivity index is 1.23. The topological polar surface area (TPSA) is 66.4 Å². The predicted molar refractivity (Wildman–Crippen MR) is 159 cm³/mol. The van der Waals surface area contributed by atoms with Gasteiger partial charge in [-0.15, -0.1) is 6.42 Å². The first-order valence-electron chi connectivity index (χ1n) is 14.9. The number of nitrogens with zero attached hydrogens (tertiary/aromatic N) is 5. The van der Waals surface area contributed by atoms with Crippen LogP contribution in [0.2, 0.25) is 0 Å². The van der Waals surface area contributed by atoms with Gasteiger partial charge >= 0.3 is 6.01 Å². The summed E-state index contributed by atoms with van der Waals surface area (Å²) >= 11 is 0. The molecule has 8 rings (SSSR count). The van der Waals surface area contributed by atoms with Gasteiger partial charge in [0.15, 0.2) is 5.82 Å². The number of anilines is 1. The molecule has 4 aliphatic rings. The number of aromatic nitrogens is 3. The van der Waals surface area contributed by atoms with Crippen molar-refractivity contribution in [1.29, 1.82) is 0 Å². The second-order valence-corrected chi connectivity index (χ2v) is 12.3. The van der Waals surface area contributed by atoms with Crippen molar-refractivity contribution in [3.63, 3.8) is 0 Å². The quantitative estimate of drug-likeness (QED) is 0.346. The normalized spacial score (nSPS) is 27.1. The molecule has 7 nitrogen and oxygen atoms in total. The van der Waals surface area contributed by atoms with Crippen LogP contribution in [0.5, 0.6) is 6.01 Å². The molecule has 4 fully saturated rings. The van der Waals surface area contributed by atoms with Gasteiger partial charge in [-0.2, -0.15) is 9.97 Å². The standard InChI is InChI=1S/C33H32F2N6O/c1-2-25-27(35)10-7-20-5-3-6-26(29(20)25)21-13-28-30(36-15-21)31(40-17-23-8-9-24(18-40)37-23)39-32(38-28)42-19-33-11-4-12-41(33)16-22(34)14-33/h1,3,5-7,10,13,15,22-24,37H,4,8-9,11-12,14,16-19H2/t22-,23?,24?,33?/m1/s1. The fourth-order valence-corrected chi connectivity index (χ4v) is 7.77. The second-order valence-electron chi connectivity index (χ2n) is 12.3. The molecular formula is C33H32F2N6O. The van der Waals surface area contributed by atoms with E-state index in [1.807, 2.05) is 24.3 Å². The molecule has 214 valence electrons. The van der Waals surface area contributed by atoms with Crippen LogP contribution in [-0.2, 0) is 0 Å². The van der Waals surface area contributed by atoms with Gasteiger partial charge < -0.3 is 15.0 Å². The lowest BCUT2D eigenvalue weighted by atomic mass is 9.95. The predicted octanol–water partition coefficient (Wildman–Crippen LogP) is 4.86. The Hall–Kier alpha value is -3.87. The summed E-state index contributed by atoms with van der Waals surface area (Å²) in [4.78, 5) is 19.2. The summed E-state index contributed by atoms with van der Waals surface area (Å²) in [7, 11) is 0. The first-order valence-corrected chi connectivity index (χ1v) is 14.9. The zero-order chi connectivity index (χ0) is 28.4. The van der Waals surface area contributed by atoms with E-state index in [4.69, 9.17) is 26.1 Å². The first kappa shape index (κ1) is 25.8. The van der Waals surface area contributed by atoms with Crippen molar-refractivity contribution < 1.29 is 13.5 Å². The fourth-order valence-electron chi connectivity index (χ4n) is 7.77. The highest BCUT2D eigenvalue weighted by molar-refractivity contribution is 6.02. The molecule has 6 heterocycles. The van der Waals surface area contributed by atoms with Crippen LogP contribution in [0.15, 0.2) is 42.6 Å². The zero-order valence-electron chi connectivity index (χ0n) is 23.3. The van der Waals surface area contributed by atoms with Crippen LogP contribution in [0.25, 0.3) is 32.9 Å². The number of nitrogens with one attached hydrogen (secondary N) is 1. The molecule has 2 aromatic carbocycles. The Morgan fingerprint density at radius 3 is 2.81 bits per heavy atom. The molecule has 1 N–H and O–H groups in total. The van der Waals surface area contributed by atoms with E-state index in [2.05, 4.69) is 21.0 Å². The molecule has 0 saturated carbocycles. The Kier molecular flexibility index (Phi) is 6.06. The highest BCUT2D eigenvalue weighted by atomic mass is 19.1. The third-order valence-corrected chi connectivity index (χ3v) is 9.69. The molecule has 42 heavy (non-hydrogen) atoms. The minimum Gasteiger partial charge on any atom is -0.461 e. The molecule has 2 bridgehead atoms. The molecule has 9 heteroatoms. The Morgan fingerprint density at radius 2 is 1.98 bits per heavy atom. The summed E-state index contributed by atoms with van der Waals surface area (Å²) in [5, 5.41) is 5.21. The third kappa shape index (κ3) is 4.19. The van der Waals surface area contributed by atoms with Crippen LogP contribution >= 0.6 is 0 Å². The van der Waals surface area contributed by atoms with Crippen molar-refractivity contribution >= 4 is 27.6 Å². The number of ether oxygens (including phenoxy) is 1. The van der Waals surface area contributed by atoms with Gasteiger partial charge in [0.1, 0.15) is 24.1 Å². The van der Waals surface area contributed by atoms with Crippen LogP contribution < -0.4 is 15.0 Å². The van der Waals surface area contributed by atoms with E-state index in [1.54, 1.807) is 12.3 Å². The summed E-state index contributed by atoms with van der Waals surface area (Å²) in [5.41, 5.74) is 2.84. The number of halogens is 2. The van der Waals surface area contributed by atoms with E-state index in [9.17, 15) is 8.78 Å². The summed E-state index contributed by atoms with van der Waals surface area (Å²) in [6.45, 7) is 3.39. The molecule has 4 atom stereocenters. The summed E-state index contributed by atoms with van der Waals surface area (Å²) in [6, 6.07) is 12.0. The lowest BCUT2D eigenvalue weighted by Gasteiger charge is -2.34. The van der Waals surface area contributed by atoms with Crippen LogP contribution in [0.1, 0.15) is 37.7 Å². The SMILES string of the molecule is C#Cc1c(F)ccc2cccc(-c3cnc4c(N5CC6CCC(C5)N6)nc(OCC56CCCN5C[C@H](F)C6)nc4c3)c12. The highest BCUT2D eigenvalue weighted by Crippen LogP contribution is 2.41. The van der Waals surface area contributed by atoms with Gasteiger partial charge in [-0.1, -0.05) is 30.2 Å². The van der Waals surface area contributed by atoms with Crippen LogP contribution in [0, 0.1) is 18.2 Å². The van der Waals surface area contributed by atoms with Crippen molar-refractivity contribution in [2.75, 3.05) is 37.7 Å². The molecule has 0 aliphatic carbocycles. The lowest BCUT2D eigenvalue weighted by Crippen LogP contribution is -2.51. The van der Waals surface area contributed by atoms with Gasteiger partial charge in [0.25, 0.3) is 0 Å². The van der Waals surface area contributed by atoms with Gasteiger partial charge in [0, 0.05) is 55.3 Å². The van der Waals surface area contributed by atoms with Gasteiger partial charge in [-0.25, -0.2) is 8.78 Å². The minimum absolute atomic E-state index is 0.231. The monoisotopic (exact) mass is 566 g/mol. The van der Waals surface area contributed by atoms with Gasteiger partial charge in [-0.05, 0) is 55.3 Å². The zero-order valence-corrected chi connectivity index (χ0v) is 23.3. The second kappa shape index (κ2) is 9.85. The third-order valence-electron chi connectivity index (χ3n) is 9.69. The summed E-state index contributed by atoms with van der Waals surface area (Å²) in [6.07, 6.45) is 11.4. The van der Waals surface area contributed by atoms with Crippen molar-refractivity contribution in [2.24, 2.45) is 0 Å². The molecular weight excluding hydrogens is 534 g/mol. The molecule has 2 aromatic heterocycles. The van der Waals surface area contributed by atoms with Crippen molar-refractivity contribution in [3.8, 4) is 29.5 Å². The highest BCUT2D eigenvalue weighted by Gasteiger charge is 2.49. The number of piperazine rings is 1. The average molecular weight is 567 g/mol. The summed E-state index contributed by atoms with van der Waals surface area (Å²) < 4.78 is 35.5. The molecule has 4 saturated heterocycles. The molecule has 4 aromatic rings. The van der Waals surface area contributed by atoms with E-state index in [0.717, 1.165) is 67.6 Å². The molecule has 3 unspecified atom stereocenters. The Bertz CT molecular complexity index is 1740. The van der Waals surface area contributed by atoms with E-state index in [1.165, 1.54) is 6.07 Å². The lowest BCUT2D eigenvalue weighted by molar-refractivity contribution is 0.107. The number of pyridine rings is 1. The number of hydrogen-bond donors (Lipinski definition) is 1. The van der Waals surface area contributed by atoms with Crippen LogP contribution in [0.4, 0.5) is 14.6 Å². The van der Waals surface area contributed by atoms with Crippen LogP contribution in [-0.4, -0.2) is 76.4 Å². The fraction of sp³-hybridized carbons (Fsp3) is 0.424. The molecule has 0 radical (unpaired) electrons. The van der Waals surface area contributed by atoms with Gasteiger partial charge in [0.05, 0.1) is 16.6 Å². The number of alkyl halides is 1. The average Bonchev–Trinajstić information content (AvgIpc) is 3.65. The van der Waals surface area contributed by atoms with Crippen molar-refractivity contribution in [2.45, 2.75) is 55.9 Å². The maximum absolute atomic E-state index is 14.7. The van der Waals surface area contributed by atoms with E-state index in [0.29, 0.717) is 48.1 Å². The number of benzene rings is 2. The van der Waals surface area contributed by atoms with E-state index in [-0.39, 0.29) is 17.1 Å². The van der Waals surface area contributed by atoms with Crippen LogP contribution in [0.3, 0.4) is 0 Å². The molecule has 4 aliphatic heterocycles. The number of hydrogen-bond acceptors (Lipinski definition) is 7. The van der Waals surface area contributed by atoms with Crippen molar-refractivity contribution in [1.82, 2.24) is 25.2 Å². The number of terminal acetylenes is 1. The van der Waals surface area contributed by atoms with Crippen molar-refractivity contribution in [3.05, 3.63) is 54.0 Å². The first-order chi connectivity index (χ1) is 20.5. The summed E-state index contributed by atoms with van der Waals surface area (Å²) in [5.74, 6) is 2.87. The van der Waals surface area contributed by atoms with Gasteiger partial charge in [0.2, 0.25) is 0 Å². The molecule has 0 amide bonds. The largest absolute Gasteiger partial charge is 0.461 e. The maximum atomic E-state index is 14.7. The number of fused-ring (bicyclic) bond motifs is 5. The van der Waals surface area contributed by atoms with E-state index >= 15 is 0 Å². The van der Waals surface area contributed by atoms with Gasteiger partial charge in [-0.3, -0.25) is 9.88 Å². The Morgan fingerprint density at radius 1 is 1.12 bits per heavy atom. The van der Waals surface area contributed by atoms with E-state index < -0.39 is 12.0 Å².